The molecule has 0 aliphatic carbocycles. The number of nitrogens with zero attached hydrogens (tertiary/aromatic N) is 1. The Balaban J connectivity index is 0.000000156. The van der Waals surface area contributed by atoms with Crippen LogP contribution in [0.25, 0.3) is 0 Å². The number of rotatable bonds is 6. The molecule has 3 aliphatic rings. The van der Waals surface area contributed by atoms with E-state index in [1.165, 1.54) is 7.05 Å². The molecular weight excluding hydrogens is 692 g/mol. The van der Waals surface area contributed by atoms with Gasteiger partial charge in [0.05, 0.1) is 0 Å². The summed E-state index contributed by atoms with van der Waals surface area (Å²) in [5.41, 5.74) is -1.08. The third-order valence-electron chi connectivity index (χ3n) is 9.69. The van der Waals surface area contributed by atoms with Crippen molar-refractivity contribution < 1.29 is 38.4 Å². The lowest BCUT2D eigenvalue weighted by atomic mass is 9.75. The van der Waals surface area contributed by atoms with Gasteiger partial charge in [-0.05, 0) is 35.1 Å². The van der Waals surface area contributed by atoms with Crippen molar-refractivity contribution in [2.24, 2.45) is 0 Å². The van der Waals surface area contributed by atoms with Gasteiger partial charge in [-0.3, -0.25) is 50.1 Å². The Kier molecular flexibility index (Phi) is 11.2. The van der Waals surface area contributed by atoms with Gasteiger partial charge in [0.1, 0.15) is 0 Å². The predicted molar refractivity (Wildman–Crippen MR) is 195 cm³/mol. The summed E-state index contributed by atoms with van der Waals surface area (Å²) in [6, 6.07) is 34.1. The molecule has 5 N–H and O–H groups in total. The summed E-state index contributed by atoms with van der Waals surface area (Å²) in [5.74, 6) is -2.52. The summed E-state index contributed by atoms with van der Waals surface area (Å²) in [6.45, 7) is 3.50. The molecule has 11 amide bonds. The van der Waals surface area contributed by atoms with E-state index in [0.717, 1.165) is 16.0 Å². The van der Waals surface area contributed by atoms with Crippen LogP contribution in [0, 0.1) is 0 Å². The number of hydrogen-bond acceptors (Lipinski definition) is 8. The number of barbiturate groups is 2. The number of amides is 11. The standard InChI is InChI=1S/C15H12N2O2.C13H14N2O3.C12H12N2O3/c18-13-15(17-14(19)16-13,11-7-3-1-4-8-11)12-9-5-2-6-10-12;1-3-13(9-7-5-4-6-8-9)10(16)14-12(18)15(2)11(13)17;1-2-12(8-6-4-3-5-7-8)9(15)13-11(17)14-10(12)16/h1-10H,(H2,16,17,18,19);4-8H,3H2,1-2H3,(H,14,16,18);3-7H,2H2,1H3,(H2,13,14,15,16,17). The van der Waals surface area contributed by atoms with Gasteiger partial charge in [0, 0.05) is 7.05 Å². The molecule has 4 aromatic carbocycles. The lowest BCUT2D eigenvalue weighted by molar-refractivity contribution is -0.145. The molecule has 1 atom stereocenters. The smallest absolute Gasteiger partial charge is 0.316 e. The van der Waals surface area contributed by atoms with E-state index >= 15 is 0 Å². The Bertz CT molecular complexity index is 2030. The molecule has 0 radical (unpaired) electrons. The zero-order valence-corrected chi connectivity index (χ0v) is 29.7. The average Bonchev–Trinajstić information content (AvgIpc) is 3.50. The summed E-state index contributed by atoms with van der Waals surface area (Å²) >= 11 is 0. The number of likely N-dealkylation sites (N-methyl/N-ethyl adjacent to an activating group) is 1. The number of benzene rings is 4. The molecule has 4 aromatic rings. The summed E-state index contributed by atoms with van der Waals surface area (Å²) < 4.78 is 0. The molecule has 276 valence electrons. The van der Waals surface area contributed by atoms with Gasteiger partial charge in [0.25, 0.3) is 11.8 Å². The highest BCUT2D eigenvalue weighted by Crippen LogP contribution is 2.34. The molecule has 14 heteroatoms. The zero-order valence-electron chi connectivity index (χ0n) is 29.7. The molecule has 3 aliphatic heterocycles. The minimum absolute atomic E-state index is 0.294. The minimum atomic E-state index is -1.31. The lowest BCUT2D eigenvalue weighted by Crippen LogP contribution is -2.64. The molecule has 3 heterocycles. The second-order valence-electron chi connectivity index (χ2n) is 12.5. The van der Waals surface area contributed by atoms with Gasteiger partial charge in [0.2, 0.25) is 17.7 Å². The highest BCUT2D eigenvalue weighted by Gasteiger charge is 2.53. The predicted octanol–water partition coefficient (Wildman–Crippen LogP) is 3.51. The second kappa shape index (κ2) is 15.7. The van der Waals surface area contributed by atoms with Crippen molar-refractivity contribution in [3.05, 3.63) is 144 Å². The van der Waals surface area contributed by atoms with Crippen molar-refractivity contribution in [2.75, 3.05) is 7.05 Å². The van der Waals surface area contributed by atoms with Crippen LogP contribution in [0.2, 0.25) is 0 Å². The number of imide groups is 5. The molecular formula is C40H38N6O8. The van der Waals surface area contributed by atoms with Gasteiger partial charge in [-0.2, -0.15) is 0 Å². The van der Waals surface area contributed by atoms with Gasteiger partial charge in [-0.15, -0.1) is 0 Å². The van der Waals surface area contributed by atoms with Crippen LogP contribution < -0.4 is 26.6 Å². The van der Waals surface area contributed by atoms with Crippen LogP contribution in [-0.4, -0.2) is 59.6 Å². The number of carbonyl (C=O) groups is 8. The van der Waals surface area contributed by atoms with Gasteiger partial charge in [0.15, 0.2) is 16.4 Å². The normalized spacial score (nSPS) is 19.8. The van der Waals surface area contributed by atoms with Crippen molar-refractivity contribution in [1.29, 1.82) is 0 Å². The van der Waals surface area contributed by atoms with Crippen LogP contribution in [0.1, 0.15) is 48.9 Å². The maximum absolute atomic E-state index is 12.3. The zero-order chi connectivity index (χ0) is 39.1. The van der Waals surface area contributed by atoms with Crippen molar-refractivity contribution in [2.45, 2.75) is 43.1 Å². The Hall–Kier alpha value is -6.96. The highest BCUT2D eigenvalue weighted by atomic mass is 16.2. The summed E-state index contributed by atoms with van der Waals surface area (Å²) in [6.07, 6.45) is 0.598. The Morgan fingerprint density at radius 1 is 0.444 bits per heavy atom. The molecule has 3 saturated heterocycles. The van der Waals surface area contributed by atoms with E-state index in [2.05, 4.69) is 26.6 Å². The van der Waals surface area contributed by atoms with E-state index in [-0.39, 0.29) is 5.91 Å². The van der Waals surface area contributed by atoms with Crippen molar-refractivity contribution >= 4 is 47.6 Å². The second-order valence-corrected chi connectivity index (χ2v) is 12.5. The molecule has 0 aromatic heterocycles. The Morgan fingerprint density at radius 3 is 1.17 bits per heavy atom. The summed E-state index contributed by atoms with van der Waals surface area (Å²) in [7, 11) is 1.37. The third kappa shape index (κ3) is 6.72. The number of nitrogens with one attached hydrogen (secondary N) is 5. The monoisotopic (exact) mass is 730 g/mol. The van der Waals surface area contributed by atoms with Crippen molar-refractivity contribution in [1.82, 2.24) is 31.5 Å². The first-order chi connectivity index (χ1) is 25.9. The largest absolute Gasteiger partial charge is 0.330 e. The van der Waals surface area contributed by atoms with Gasteiger partial charge in [-0.1, -0.05) is 135 Å². The molecule has 0 spiro atoms. The van der Waals surface area contributed by atoms with E-state index in [1.807, 2.05) is 66.7 Å². The third-order valence-corrected chi connectivity index (χ3v) is 9.69. The first kappa shape index (κ1) is 38.3. The van der Waals surface area contributed by atoms with E-state index in [0.29, 0.717) is 24.0 Å². The van der Waals surface area contributed by atoms with E-state index in [4.69, 9.17) is 0 Å². The van der Waals surface area contributed by atoms with Crippen LogP contribution in [0.4, 0.5) is 14.4 Å². The molecule has 0 bridgehead atoms. The first-order valence-electron chi connectivity index (χ1n) is 17.0. The topological polar surface area (TPSA) is 200 Å². The molecule has 3 fully saturated rings. The molecule has 7 rings (SSSR count). The SMILES string of the molecule is CCC1(c2ccccc2)C(=O)NC(=O)N(C)C1=O.CCC1(c2ccccc2)C(=O)NC(=O)NC1=O.O=C1NC(=O)C(c2ccccc2)(c2ccccc2)N1. The van der Waals surface area contributed by atoms with Gasteiger partial charge < -0.3 is 5.32 Å². The van der Waals surface area contributed by atoms with E-state index in [1.54, 1.807) is 68.4 Å². The fourth-order valence-electron chi connectivity index (χ4n) is 6.73. The molecule has 14 nitrogen and oxygen atoms in total. The van der Waals surface area contributed by atoms with E-state index < -0.39 is 58.1 Å². The fourth-order valence-corrected chi connectivity index (χ4v) is 6.73. The maximum atomic E-state index is 12.3. The molecule has 0 saturated carbocycles. The number of carbonyl (C=O) groups excluding carboxylic acids is 8. The summed E-state index contributed by atoms with van der Waals surface area (Å²) in [5, 5.41) is 11.6. The number of urea groups is 3. The van der Waals surface area contributed by atoms with Crippen LogP contribution in [-0.2, 0) is 40.3 Å². The number of hydrogen-bond donors (Lipinski definition) is 5. The lowest BCUT2D eigenvalue weighted by Gasteiger charge is -2.37. The fraction of sp³-hybridized carbons (Fsp3) is 0.200. The highest BCUT2D eigenvalue weighted by molar-refractivity contribution is 6.23. The van der Waals surface area contributed by atoms with Gasteiger partial charge >= 0.3 is 18.1 Å². The minimum Gasteiger partial charge on any atom is -0.316 e. The summed E-state index contributed by atoms with van der Waals surface area (Å²) in [4.78, 5) is 95.8. The van der Waals surface area contributed by atoms with Gasteiger partial charge in [-0.25, -0.2) is 14.4 Å². The Labute approximate surface area is 310 Å². The average molecular weight is 731 g/mol. The van der Waals surface area contributed by atoms with Crippen LogP contribution in [0.3, 0.4) is 0 Å². The van der Waals surface area contributed by atoms with Crippen LogP contribution >= 0.6 is 0 Å². The van der Waals surface area contributed by atoms with Crippen molar-refractivity contribution in [3.8, 4) is 0 Å². The van der Waals surface area contributed by atoms with Crippen molar-refractivity contribution in [3.63, 3.8) is 0 Å². The quantitative estimate of drug-likeness (QED) is 0.147. The molecule has 1 unspecified atom stereocenters. The molecule has 54 heavy (non-hydrogen) atoms. The first-order valence-corrected chi connectivity index (χ1v) is 17.0. The Morgan fingerprint density at radius 2 is 0.796 bits per heavy atom. The maximum Gasteiger partial charge on any atom is 0.330 e. The van der Waals surface area contributed by atoms with Crippen LogP contribution in [0.5, 0.6) is 0 Å². The van der Waals surface area contributed by atoms with Crippen LogP contribution in [0.15, 0.2) is 121 Å². The van der Waals surface area contributed by atoms with E-state index in [9.17, 15) is 38.4 Å².